The van der Waals surface area contributed by atoms with Gasteiger partial charge < -0.3 is 20.2 Å². The van der Waals surface area contributed by atoms with Crippen molar-refractivity contribution in [2.75, 3.05) is 20.0 Å². The van der Waals surface area contributed by atoms with Crippen molar-refractivity contribution in [3.63, 3.8) is 0 Å². The molecule has 0 amide bonds. The molecule has 102 valence electrons. The Balaban J connectivity index is 2.17. The van der Waals surface area contributed by atoms with Crippen LogP contribution in [0.2, 0.25) is 0 Å². The molecule has 0 atom stereocenters. The third-order valence-electron chi connectivity index (χ3n) is 2.98. The Bertz CT molecular complexity index is 769. The number of H-pyrrole nitrogens is 1. The lowest BCUT2D eigenvalue weighted by Crippen LogP contribution is -1.92. The molecule has 0 spiro atoms. The van der Waals surface area contributed by atoms with Crippen LogP contribution in [0.15, 0.2) is 24.5 Å². The van der Waals surface area contributed by atoms with Crippen LogP contribution in [0.3, 0.4) is 0 Å². The molecule has 0 saturated heterocycles. The molecule has 0 saturated carbocycles. The average Bonchev–Trinajstić information content (AvgIpc) is 2.92. The van der Waals surface area contributed by atoms with Crippen LogP contribution in [0.25, 0.3) is 22.6 Å². The van der Waals surface area contributed by atoms with Gasteiger partial charge in [-0.15, -0.1) is 0 Å². The fourth-order valence-electron chi connectivity index (χ4n) is 1.97. The van der Waals surface area contributed by atoms with E-state index >= 15 is 0 Å². The van der Waals surface area contributed by atoms with Crippen molar-refractivity contribution in [1.29, 1.82) is 0 Å². The van der Waals surface area contributed by atoms with Gasteiger partial charge >= 0.3 is 0 Å². The predicted molar refractivity (Wildman–Crippen MR) is 74.6 cm³/mol. The summed E-state index contributed by atoms with van der Waals surface area (Å²) in [5.41, 5.74) is 7.72. The number of hydrogen-bond acceptors (Lipinski definition) is 6. The molecule has 0 fully saturated rings. The van der Waals surface area contributed by atoms with E-state index in [1.807, 2.05) is 12.1 Å². The zero-order valence-corrected chi connectivity index (χ0v) is 11.0. The van der Waals surface area contributed by atoms with Crippen LogP contribution >= 0.6 is 0 Å². The number of nitrogen functional groups attached to an aromatic ring is 1. The van der Waals surface area contributed by atoms with Crippen LogP contribution in [0.4, 0.5) is 5.82 Å². The fourth-order valence-corrected chi connectivity index (χ4v) is 1.97. The number of nitrogens with two attached hydrogens (primary N) is 1. The number of rotatable bonds is 3. The van der Waals surface area contributed by atoms with E-state index in [9.17, 15) is 0 Å². The number of nitrogens with one attached hydrogen (secondary N) is 1. The van der Waals surface area contributed by atoms with Gasteiger partial charge in [0.25, 0.3) is 0 Å². The van der Waals surface area contributed by atoms with E-state index in [0.717, 1.165) is 5.56 Å². The summed E-state index contributed by atoms with van der Waals surface area (Å²) >= 11 is 0. The minimum absolute atomic E-state index is 0.362. The standard InChI is InChI=1S/C13H13N5O2/c1-19-7-3-4-8(9(5-7)20-2)12-17-10-11(14)15-6-16-13(10)18-12/h3-6H,1-2H3,(H3,14,15,16,17,18). The molecule has 2 aromatic heterocycles. The van der Waals surface area contributed by atoms with E-state index in [0.29, 0.717) is 34.3 Å². The number of hydrogen-bond donors (Lipinski definition) is 2. The van der Waals surface area contributed by atoms with E-state index in [4.69, 9.17) is 15.2 Å². The molecule has 0 aliphatic rings. The SMILES string of the molecule is COc1ccc(-c2nc3ncnc(N)c3[nH]2)c(OC)c1. The second-order valence-electron chi connectivity index (χ2n) is 4.11. The van der Waals surface area contributed by atoms with E-state index in [1.165, 1.54) is 6.33 Å². The first-order chi connectivity index (χ1) is 9.72. The Morgan fingerprint density at radius 3 is 2.70 bits per heavy atom. The number of benzene rings is 1. The molecular weight excluding hydrogens is 258 g/mol. The summed E-state index contributed by atoms with van der Waals surface area (Å²) in [4.78, 5) is 15.5. The molecule has 0 aliphatic carbocycles. The van der Waals surface area contributed by atoms with Gasteiger partial charge in [-0.1, -0.05) is 0 Å². The van der Waals surface area contributed by atoms with Crippen LogP contribution in [0, 0.1) is 0 Å². The Labute approximate surface area is 114 Å². The fraction of sp³-hybridized carbons (Fsp3) is 0.154. The molecule has 0 bridgehead atoms. The van der Waals surface area contributed by atoms with Crippen molar-refractivity contribution in [2.45, 2.75) is 0 Å². The maximum absolute atomic E-state index is 5.79. The van der Waals surface area contributed by atoms with Crippen molar-refractivity contribution in [3.8, 4) is 22.9 Å². The molecule has 7 nitrogen and oxygen atoms in total. The highest BCUT2D eigenvalue weighted by Gasteiger charge is 2.13. The predicted octanol–water partition coefficient (Wildman–Crippen LogP) is 1.62. The van der Waals surface area contributed by atoms with Crippen molar-refractivity contribution >= 4 is 17.0 Å². The number of fused-ring (bicyclic) bond motifs is 1. The molecule has 3 rings (SSSR count). The second kappa shape index (κ2) is 4.69. The van der Waals surface area contributed by atoms with Gasteiger partial charge in [0.15, 0.2) is 11.5 Å². The van der Waals surface area contributed by atoms with Gasteiger partial charge in [-0.2, -0.15) is 0 Å². The maximum atomic E-state index is 5.79. The molecule has 7 heteroatoms. The quantitative estimate of drug-likeness (QED) is 0.751. The first-order valence-electron chi connectivity index (χ1n) is 5.91. The summed E-state index contributed by atoms with van der Waals surface area (Å²) in [6.07, 6.45) is 1.38. The summed E-state index contributed by atoms with van der Waals surface area (Å²) in [6, 6.07) is 5.48. The Kier molecular flexibility index (Phi) is 2.86. The van der Waals surface area contributed by atoms with Crippen LogP contribution in [0.1, 0.15) is 0 Å². The Morgan fingerprint density at radius 1 is 1.15 bits per heavy atom. The third-order valence-corrected chi connectivity index (χ3v) is 2.98. The first kappa shape index (κ1) is 12.2. The van der Waals surface area contributed by atoms with Crippen LogP contribution in [0.5, 0.6) is 11.5 Å². The number of anilines is 1. The highest BCUT2D eigenvalue weighted by Crippen LogP contribution is 2.32. The lowest BCUT2D eigenvalue weighted by Gasteiger charge is -2.08. The lowest BCUT2D eigenvalue weighted by molar-refractivity contribution is 0.395. The largest absolute Gasteiger partial charge is 0.497 e. The molecule has 3 N–H and O–H groups in total. The summed E-state index contributed by atoms with van der Waals surface area (Å²) in [5.74, 6) is 2.34. The molecule has 0 aliphatic heterocycles. The third kappa shape index (κ3) is 1.89. The van der Waals surface area contributed by atoms with Crippen molar-refractivity contribution in [3.05, 3.63) is 24.5 Å². The van der Waals surface area contributed by atoms with Gasteiger partial charge in [0.1, 0.15) is 29.2 Å². The molecular formula is C13H13N5O2. The van der Waals surface area contributed by atoms with Gasteiger partial charge in [-0.25, -0.2) is 15.0 Å². The molecule has 2 heterocycles. The van der Waals surface area contributed by atoms with Gasteiger partial charge in [-0.3, -0.25) is 0 Å². The van der Waals surface area contributed by atoms with Crippen LogP contribution in [-0.2, 0) is 0 Å². The molecule has 3 aromatic rings. The average molecular weight is 271 g/mol. The van der Waals surface area contributed by atoms with Crippen molar-refractivity contribution in [1.82, 2.24) is 19.9 Å². The van der Waals surface area contributed by atoms with Crippen molar-refractivity contribution < 1.29 is 9.47 Å². The Morgan fingerprint density at radius 2 is 2.00 bits per heavy atom. The minimum Gasteiger partial charge on any atom is -0.497 e. The van der Waals surface area contributed by atoms with E-state index in [1.54, 1.807) is 20.3 Å². The molecule has 0 unspecified atom stereocenters. The maximum Gasteiger partial charge on any atom is 0.183 e. The van der Waals surface area contributed by atoms with Gasteiger partial charge in [0.2, 0.25) is 0 Å². The topological polar surface area (TPSA) is 98.9 Å². The zero-order chi connectivity index (χ0) is 14.1. The van der Waals surface area contributed by atoms with Crippen LogP contribution < -0.4 is 15.2 Å². The summed E-state index contributed by atoms with van der Waals surface area (Å²) in [6.45, 7) is 0. The number of imidazole rings is 1. The summed E-state index contributed by atoms with van der Waals surface area (Å²) < 4.78 is 10.5. The first-order valence-corrected chi connectivity index (χ1v) is 5.91. The summed E-state index contributed by atoms with van der Waals surface area (Å²) in [5, 5.41) is 0. The number of aromatic amines is 1. The summed E-state index contributed by atoms with van der Waals surface area (Å²) in [7, 11) is 3.20. The number of methoxy groups -OCH3 is 2. The monoisotopic (exact) mass is 271 g/mol. The molecule has 1 aromatic carbocycles. The molecule has 0 radical (unpaired) electrons. The zero-order valence-electron chi connectivity index (χ0n) is 11.0. The van der Waals surface area contributed by atoms with Crippen LogP contribution in [-0.4, -0.2) is 34.2 Å². The lowest BCUT2D eigenvalue weighted by atomic mass is 10.2. The van der Waals surface area contributed by atoms with E-state index in [2.05, 4.69) is 19.9 Å². The van der Waals surface area contributed by atoms with Gasteiger partial charge in [0.05, 0.1) is 19.8 Å². The Hall–Kier alpha value is -2.83. The normalized spacial score (nSPS) is 10.7. The second-order valence-corrected chi connectivity index (χ2v) is 4.11. The van der Waals surface area contributed by atoms with Gasteiger partial charge in [-0.05, 0) is 12.1 Å². The van der Waals surface area contributed by atoms with E-state index in [-0.39, 0.29) is 0 Å². The van der Waals surface area contributed by atoms with Gasteiger partial charge in [0, 0.05) is 6.07 Å². The number of nitrogens with zero attached hydrogens (tertiary/aromatic N) is 3. The smallest absolute Gasteiger partial charge is 0.183 e. The molecule has 20 heavy (non-hydrogen) atoms. The van der Waals surface area contributed by atoms with Crippen molar-refractivity contribution in [2.24, 2.45) is 0 Å². The minimum atomic E-state index is 0.362. The highest BCUT2D eigenvalue weighted by molar-refractivity contribution is 5.85. The highest BCUT2D eigenvalue weighted by atomic mass is 16.5. The number of aromatic nitrogens is 4. The number of ether oxygens (including phenoxy) is 2. The van der Waals surface area contributed by atoms with E-state index < -0.39 is 0 Å².